The van der Waals surface area contributed by atoms with Crippen LogP contribution in [0.3, 0.4) is 0 Å². The highest BCUT2D eigenvalue weighted by molar-refractivity contribution is 5.68. The molecule has 0 N–H and O–H groups in total. The number of nitrogens with zero attached hydrogens (tertiary/aromatic N) is 6. The smallest absolute Gasteiger partial charge is 0.113 e. The normalized spacial score (nSPS) is 11.1. The number of hydrogen-bond donors (Lipinski definition) is 0. The van der Waals surface area contributed by atoms with E-state index >= 15 is 0 Å². The summed E-state index contributed by atoms with van der Waals surface area (Å²) in [4.78, 5) is 0. The second-order valence-electron chi connectivity index (χ2n) is 8.15. The van der Waals surface area contributed by atoms with Crippen LogP contribution in [-0.4, -0.2) is 30.0 Å². The molecule has 32 heavy (non-hydrogen) atoms. The molecule has 0 amide bonds. The molecular formula is C26H24N6. The van der Waals surface area contributed by atoms with Crippen molar-refractivity contribution in [3.63, 3.8) is 0 Å². The first-order valence-electron chi connectivity index (χ1n) is 10.6. The summed E-state index contributed by atoms with van der Waals surface area (Å²) in [5.74, 6) is 0. The van der Waals surface area contributed by atoms with Gasteiger partial charge in [0.2, 0.25) is 0 Å². The van der Waals surface area contributed by atoms with Gasteiger partial charge in [-0.2, -0.15) is 0 Å². The molecule has 0 radical (unpaired) electrons. The van der Waals surface area contributed by atoms with Gasteiger partial charge in [-0.05, 0) is 31.0 Å². The van der Waals surface area contributed by atoms with Gasteiger partial charge in [0, 0.05) is 11.1 Å². The first-order valence-corrected chi connectivity index (χ1v) is 10.6. The van der Waals surface area contributed by atoms with E-state index in [1.807, 2.05) is 40.0 Å². The molecule has 0 aliphatic rings. The first-order chi connectivity index (χ1) is 15.6. The number of benzene rings is 3. The van der Waals surface area contributed by atoms with E-state index in [2.05, 4.69) is 89.1 Å². The largest absolute Gasteiger partial charge is 0.247 e. The molecule has 5 aromatic rings. The summed E-state index contributed by atoms with van der Waals surface area (Å²) in [5.41, 5.74) is 8.59. The lowest BCUT2D eigenvalue weighted by Gasteiger charge is -2.02. The molecule has 0 fully saturated rings. The summed E-state index contributed by atoms with van der Waals surface area (Å²) < 4.78 is 3.73. The molecule has 158 valence electrons. The molecule has 3 aromatic carbocycles. The number of rotatable bonds is 6. The van der Waals surface area contributed by atoms with Crippen LogP contribution in [0.1, 0.15) is 22.3 Å². The Morgan fingerprint density at radius 1 is 0.594 bits per heavy atom. The Bertz CT molecular complexity index is 1230. The van der Waals surface area contributed by atoms with Gasteiger partial charge in [0.1, 0.15) is 11.4 Å². The topological polar surface area (TPSA) is 61.4 Å². The monoisotopic (exact) mass is 420 g/mol. The van der Waals surface area contributed by atoms with Crippen molar-refractivity contribution in [2.24, 2.45) is 0 Å². The Labute approximate surface area is 187 Å². The highest BCUT2D eigenvalue weighted by atomic mass is 15.4. The van der Waals surface area contributed by atoms with E-state index in [4.69, 9.17) is 0 Å². The number of aromatic nitrogens is 6. The second kappa shape index (κ2) is 8.59. The minimum atomic E-state index is 0.695. The molecule has 6 heteroatoms. The first kappa shape index (κ1) is 19.9. The molecule has 6 nitrogen and oxygen atoms in total. The Morgan fingerprint density at radius 3 is 1.47 bits per heavy atom. The fourth-order valence-electron chi connectivity index (χ4n) is 3.61. The van der Waals surface area contributed by atoms with E-state index < -0.39 is 0 Å². The highest BCUT2D eigenvalue weighted by Gasteiger charge is 2.09. The summed E-state index contributed by atoms with van der Waals surface area (Å²) in [6.45, 7) is 5.57. The number of hydrogen-bond acceptors (Lipinski definition) is 4. The van der Waals surface area contributed by atoms with Crippen molar-refractivity contribution in [2.75, 3.05) is 0 Å². The minimum Gasteiger partial charge on any atom is -0.247 e. The predicted molar refractivity (Wildman–Crippen MR) is 125 cm³/mol. The van der Waals surface area contributed by atoms with Crippen molar-refractivity contribution in [1.29, 1.82) is 0 Å². The molecule has 0 unspecified atom stereocenters. The van der Waals surface area contributed by atoms with E-state index in [1.54, 1.807) is 0 Å². The lowest BCUT2D eigenvalue weighted by atomic mass is 10.1. The lowest BCUT2D eigenvalue weighted by molar-refractivity contribution is 0.649. The van der Waals surface area contributed by atoms with E-state index in [0.29, 0.717) is 13.1 Å². The zero-order valence-electron chi connectivity index (χ0n) is 18.2. The average molecular weight is 421 g/mol. The minimum absolute atomic E-state index is 0.695. The van der Waals surface area contributed by atoms with Crippen LogP contribution in [0.4, 0.5) is 0 Å². The van der Waals surface area contributed by atoms with Gasteiger partial charge < -0.3 is 0 Å². The Morgan fingerprint density at radius 2 is 1.03 bits per heavy atom. The van der Waals surface area contributed by atoms with E-state index in [9.17, 15) is 0 Å². The molecule has 0 aliphatic carbocycles. The third-order valence-electron chi connectivity index (χ3n) is 5.46. The van der Waals surface area contributed by atoms with Gasteiger partial charge in [-0.1, -0.05) is 88.3 Å². The summed E-state index contributed by atoms with van der Waals surface area (Å²) in [6, 6.07) is 25.1. The van der Waals surface area contributed by atoms with E-state index in [0.717, 1.165) is 22.5 Å². The molecule has 2 aromatic heterocycles. The van der Waals surface area contributed by atoms with Gasteiger partial charge in [0.25, 0.3) is 0 Å². The van der Waals surface area contributed by atoms with Crippen LogP contribution in [0.15, 0.2) is 85.2 Å². The zero-order valence-corrected chi connectivity index (χ0v) is 18.2. The van der Waals surface area contributed by atoms with Crippen LogP contribution < -0.4 is 0 Å². The summed E-state index contributed by atoms with van der Waals surface area (Å²) in [6.07, 6.45) is 3.96. The van der Waals surface area contributed by atoms with Gasteiger partial charge in [-0.3, -0.25) is 0 Å². The van der Waals surface area contributed by atoms with Crippen molar-refractivity contribution in [3.05, 3.63) is 107 Å². The van der Waals surface area contributed by atoms with Crippen molar-refractivity contribution in [2.45, 2.75) is 26.9 Å². The molecule has 0 saturated heterocycles. The highest BCUT2D eigenvalue weighted by Crippen LogP contribution is 2.24. The van der Waals surface area contributed by atoms with Crippen molar-refractivity contribution in [3.8, 4) is 22.5 Å². The standard InChI is InChI=1S/C26H24N6/c1-19-6-10-21(11-7-19)15-31-17-25(27-29-31)23-4-3-5-24(14-23)26-18-32(30-28-26)16-22-12-8-20(2)9-13-22/h3-14,17-18H,15-16H2,1-2H3. The summed E-state index contributed by atoms with van der Waals surface area (Å²) >= 11 is 0. The SMILES string of the molecule is Cc1ccc(Cn2cc(-c3cccc(-c4cn(Cc5ccc(C)cc5)nn4)c3)nn2)cc1. The van der Waals surface area contributed by atoms with Crippen LogP contribution >= 0.6 is 0 Å². The van der Waals surface area contributed by atoms with Crippen LogP contribution in [0, 0.1) is 13.8 Å². The van der Waals surface area contributed by atoms with Crippen LogP contribution in [0.25, 0.3) is 22.5 Å². The van der Waals surface area contributed by atoms with Crippen LogP contribution in [0.2, 0.25) is 0 Å². The Hall–Kier alpha value is -4.06. The Kier molecular flexibility index (Phi) is 5.34. The molecular weight excluding hydrogens is 396 g/mol. The second-order valence-corrected chi connectivity index (χ2v) is 8.15. The quantitative estimate of drug-likeness (QED) is 0.391. The third kappa shape index (κ3) is 4.49. The van der Waals surface area contributed by atoms with Crippen LogP contribution in [0.5, 0.6) is 0 Å². The maximum absolute atomic E-state index is 4.37. The molecule has 2 heterocycles. The molecule has 0 spiro atoms. The van der Waals surface area contributed by atoms with Crippen molar-refractivity contribution in [1.82, 2.24) is 30.0 Å². The van der Waals surface area contributed by atoms with Gasteiger partial charge >= 0.3 is 0 Å². The molecule has 0 atom stereocenters. The van der Waals surface area contributed by atoms with E-state index in [1.165, 1.54) is 22.3 Å². The summed E-state index contributed by atoms with van der Waals surface area (Å²) in [7, 11) is 0. The maximum Gasteiger partial charge on any atom is 0.113 e. The maximum atomic E-state index is 4.37. The van der Waals surface area contributed by atoms with Gasteiger partial charge in [0.05, 0.1) is 25.5 Å². The molecule has 5 rings (SSSR count). The van der Waals surface area contributed by atoms with Crippen molar-refractivity contribution < 1.29 is 0 Å². The van der Waals surface area contributed by atoms with Gasteiger partial charge in [0.15, 0.2) is 0 Å². The lowest BCUT2D eigenvalue weighted by Crippen LogP contribution is -2.00. The van der Waals surface area contributed by atoms with E-state index in [-0.39, 0.29) is 0 Å². The third-order valence-corrected chi connectivity index (χ3v) is 5.46. The zero-order chi connectivity index (χ0) is 21.9. The predicted octanol–water partition coefficient (Wildman–Crippen LogP) is 4.92. The average Bonchev–Trinajstić information content (AvgIpc) is 3.47. The molecule has 0 aliphatic heterocycles. The summed E-state index contributed by atoms with van der Waals surface area (Å²) in [5, 5.41) is 17.4. The van der Waals surface area contributed by atoms with Gasteiger partial charge in [-0.25, -0.2) is 9.36 Å². The van der Waals surface area contributed by atoms with Crippen molar-refractivity contribution >= 4 is 0 Å². The van der Waals surface area contributed by atoms with Crippen LogP contribution in [-0.2, 0) is 13.1 Å². The fourth-order valence-corrected chi connectivity index (χ4v) is 3.61. The Balaban J connectivity index is 1.33. The van der Waals surface area contributed by atoms with Gasteiger partial charge in [-0.15, -0.1) is 10.2 Å². The molecule has 0 saturated carbocycles. The number of aryl methyl sites for hydroxylation is 2. The molecule has 0 bridgehead atoms. The fraction of sp³-hybridized carbons (Fsp3) is 0.154.